The Bertz CT molecular complexity index is 899. The first-order chi connectivity index (χ1) is 14.3. The number of hydrogen-bond donors (Lipinski definition) is 1. The van der Waals surface area contributed by atoms with E-state index in [4.69, 9.17) is 23.2 Å². The van der Waals surface area contributed by atoms with Crippen LogP contribution in [0.1, 0.15) is 43.7 Å². The van der Waals surface area contributed by atoms with Gasteiger partial charge < -0.3 is 10.2 Å². The quantitative estimate of drug-likeness (QED) is 0.512. The van der Waals surface area contributed by atoms with Crippen LogP contribution in [0.4, 0.5) is 0 Å². The van der Waals surface area contributed by atoms with Gasteiger partial charge in [0.15, 0.2) is 0 Å². The van der Waals surface area contributed by atoms with Gasteiger partial charge in [0.1, 0.15) is 6.04 Å². The van der Waals surface area contributed by atoms with Crippen LogP contribution >= 0.6 is 39.1 Å². The molecule has 160 valence electrons. The molecule has 0 radical (unpaired) electrons. The van der Waals surface area contributed by atoms with Crippen LogP contribution in [0.3, 0.4) is 0 Å². The third kappa shape index (κ3) is 6.22. The molecule has 1 atom stereocenters. The topological polar surface area (TPSA) is 49.4 Å². The molecule has 2 aromatic carbocycles. The molecule has 0 bridgehead atoms. The van der Waals surface area contributed by atoms with E-state index in [1.54, 1.807) is 30.0 Å². The highest BCUT2D eigenvalue weighted by atomic mass is 79.9. The fourth-order valence-corrected chi connectivity index (χ4v) is 4.27. The minimum absolute atomic E-state index is 0.110. The average Bonchev–Trinajstić information content (AvgIpc) is 3.22. The van der Waals surface area contributed by atoms with E-state index in [9.17, 15) is 9.59 Å². The van der Waals surface area contributed by atoms with Crippen molar-refractivity contribution in [3.05, 3.63) is 68.1 Å². The number of halogens is 3. The third-order valence-corrected chi connectivity index (χ3v) is 6.74. The molecule has 1 unspecified atom stereocenters. The zero-order chi connectivity index (χ0) is 21.7. The van der Waals surface area contributed by atoms with E-state index in [2.05, 4.69) is 21.2 Å². The Morgan fingerprint density at radius 3 is 2.33 bits per heavy atom. The number of carbonyl (C=O) groups excluding carboxylic acids is 2. The van der Waals surface area contributed by atoms with Gasteiger partial charge in [0.25, 0.3) is 0 Å². The molecule has 0 aromatic heterocycles. The first kappa shape index (κ1) is 23.1. The highest BCUT2D eigenvalue weighted by Crippen LogP contribution is 2.24. The van der Waals surface area contributed by atoms with Gasteiger partial charge in [-0.1, -0.05) is 70.2 Å². The van der Waals surface area contributed by atoms with E-state index in [1.807, 2.05) is 24.3 Å². The molecule has 1 fully saturated rings. The Morgan fingerprint density at radius 2 is 1.70 bits per heavy atom. The van der Waals surface area contributed by atoms with E-state index in [1.165, 1.54) is 0 Å². The number of nitrogens with one attached hydrogen (secondary N) is 1. The lowest BCUT2D eigenvalue weighted by Crippen LogP contribution is -2.50. The van der Waals surface area contributed by atoms with Crippen LogP contribution in [-0.2, 0) is 22.6 Å². The molecule has 2 aromatic rings. The van der Waals surface area contributed by atoms with E-state index < -0.39 is 6.04 Å². The van der Waals surface area contributed by atoms with E-state index in [0.29, 0.717) is 16.6 Å². The molecular weight excluding hydrogens is 487 g/mol. The molecule has 0 spiro atoms. The Labute approximate surface area is 196 Å². The summed E-state index contributed by atoms with van der Waals surface area (Å²) in [5.41, 5.74) is 1.72. The Kier molecular flexibility index (Phi) is 8.20. The van der Waals surface area contributed by atoms with Gasteiger partial charge in [-0.3, -0.25) is 9.59 Å². The molecule has 4 nitrogen and oxygen atoms in total. The van der Waals surface area contributed by atoms with E-state index in [0.717, 1.165) is 41.3 Å². The van der Waals surface area contributed by atoms with Crippen molar-refractivity contribution >= 4 is 50.9 Å². The molecule has 3 rings (SSSR count). The van der Waals surface area contributed by atoms with Crippen LogP contribution in [0.15, 0.2) is 46.9 Å². The van der Waals surface area contributed by atoms with Crippen molar-refractivity contribution in [3.63, 3.8) is 0 Å². The van der Waals surface area contributed by atoms with Gasteiger partial charge in [-0.25, -0.2) is 0 Å². The molecule has 7 heteroatoms. The SMILES string of the molecule is CC(C(=O)NC1CCCC1)N(Cc1ccc(Br)cc1)C(=O)Cc1ccc(Cl)c(Cl)c1. The first-order valence-electron chi connectivity index (χ1n) is 10.1. The van der Waals surface area contributed by atoms with Gasteiger partial charge in [-0.2, -0.15) is 0 Å². The van der Waals surface area contributed by atoms with Crippen LogP contribution in [0.25, 0.3) is 0 Å². The molecule has 1 aliphatic rings. The Hall–Kier alpha value is -1.56. The number of hydrogen-bond acceptors (Lipinski definition) is 2. The van der Waals surface area contributed by atoms with Crippen molar-refractivity contribution in [3.8, 4) is 0 Å². The van der Waals surface area contributed by atoms with E-state index >= 15 is 0 Å². The minimum Gasteiger partial charge on any atom is -0.352 e. The van der Waals surface area contributed by atoms with Gasteiger partial charge in [0.2, 0.25) is 11.8 Å². The predicted molar refractivity (Wildman–Crippen MR) is 125 cm³/mol. The summed E-state index contributed by atoms with van der Waals surface area (Å²) >= 11 is 15.5. The fraction of sp³-hybridized carbons (Fsp3) is 0.391. The maximum atomic E-state index is 13.2. The zero-order valence-electron chi connectivity index (χ0n) is 16.8. The van der Waals surface area contributed by atoms with Crippen LogP contribution in [0.5, 0.6) is 0 Å². The molecular formula is C23H25BrCl2N2O2. The van der Waals surface area contributed by atoms with Crippen molar-refractivity contribution in [1.29, 1.82) is 0 Å². The number of rotatable bonds is 7. The minimum atomic E-state index is -0.579. The summed E-state index contributed by atoms with van der Waals surface area (Å²) in [5.74, 6) is -0.244. The van der Waals surface area contributed by atoms with Crippen molar-refractivity contribution in [2.45, 2.75) is 57.7 Å². The maximum absolute atomic E-state index is 13.2. The molecule has 1 aliphatic carbocycles. The van der Waals surface area contributed by atoms with Gasteiger partial charge in [0.05, 0.1) is 16.5 Å². The lowest BCUT2D eigenvalue weighted by Gasteiger charge is -2.30. The zero-order valence-corrected chi connectivity index (χ0v) is 19.9. The molecule has 0 saturated heterocycles. The summed E-state index contributed by atoms with van der Waals surface area (Å²) in [6, 6.07) is 12.6. The Morgan fingerprint density at radius 1 is 1.07 bits per heavy atom. The largest absolute Gasteiger partial charge is 0.352 e. The smallest absolute Gasteiger partial charge is 0.242 e. The van der Waals surface area contributed by atoms with Crippen molar-refractivity contribution in [1.82, 2.24) is 10.2 Å². The Balaban J connectivity index is 1.77. The number of nitrogens with zero attached hydrogens (tertiary/aromatic N) is 1. The average molecular weight is 512 g/mol. The van der Waals surface area contributed by atoms with Crippen LogP contribution in [-0.4, -0.2) is 28.8 Å². The molecule has 0 aliphatic heterocycles. The van der Waals surface area contributed by atoms with Crippen molar-refractivity contribution in [2.24, 2.45) is 0 Å². The van der Waals surface area contributed by atoms with E-state index in [-0.39, 0.29) is 24.3 Å². The predicted octanol–water partition coefficient (Wildman–Crippen LogP) is 5.77. The molecule has 1 N–H and O–H groups in total. The second-order valence-corrected chi connectivity index (χ2v) is 9.47. The van der Waals surface area contributed by atoms with Gasteiger partial charge in [-0.15, -0.1) is 0 Å². The summed E-state index contributed by atoms with van der Waals surface area (Å²) in [5, 5.41) is 3.97. The lowest BCUT2D eigenvalue weighted by molar-refractivity contribution is -0.140. The number of carbonyl (C=O) groups is 2. The lowest BCUT2D eigenvalue weighted by atomic mass is 10.1. The molecule has 30 heavy (non-hydrogen) atoms. The number of amides is 2. The second-order valence-electron chi connectivity index (χ2n) is 7.74. The summed E-state index contributed by atoms with van der Waals surface area (Å²) in [4.78, 5) is 27.7. The third-order valence-electron chi connectivity index (χ3n) is 5.47. The van der Waals surface area contributed by atoms with Crippen molar-refractivity contribution in [2.75, 3.05) is 0 Å². The highest BCUT2D eigenvalue weighted by molar-refractivity contribution is 9.10. The van der Waals surface area contributed by atoms with Gasteiger partial charge in [-0.05, 0) is 55.2 Å². The van der Waals surface area contributed by atoms with Crippen molar-refractivity contribution < 1.29 is 9.59 Å². The van der Waals surface area contributed by atoms with Gasteiger partial charge >= 0.3 is 0 Å². The molecule has 0 heterocycles. The van der Waals surface area contributed by atoms with Crippen LogP contribution in [0, 0.1) is 0 Å². The number of benzene rings is 2. The van der Waals surface area contributed by atoms with Gasteiger partial charge in [0, 0.05) is 17.1 Å². The normalized spacial score (nSPS) is 15.1. The second kappa shape index (κ2) is 10.7. The first-order valence-corrected chi connectivity index (χ1v) is 11.7. The molecule has 1 saturated carbocycles. The highest BCUT2D eigenvalue weighted by Gasteiger charge is 2.28. The standard InChI is InChI=1S/C23H25BrCl2N2O2/c1-15(23(30)27-19-4-2-3-5-19)28(14-16-6-9-18(24)10-7-16)22(29)13-17-8-11-20(25)21(26)12-17/h6-12,15,19H,2-5,13-14H2,1H3,(H,27,30). The van der Waals surface area contributed by atoms with Crippen LogP contribution < -0.4 is 5.32 Å². The summed E-state index contributed by atoms with van der Waals surface area (Å²) in [7, 11) is 0. The maximum Gasteiger partial charge on any atom is 0.242 e. The summed E-state index contributed by atoms with van der Waals surface area (Å²) in [6.07, 6.45) is 4.43. The molecule has 2 amide bonds. The fourth-order valence-electron chi connectivity index (χ4n) is 3.69. The van der Waals surface area contributed by atoms with Crippen LogP contribution in [0.2, 0.25) is 10.0 Å². The summed E-state index contributed by atoms with van der Waals surface area (Å²) < 4.78 is 0.965. The monoisotopic (exact) mass is 510 g/mol. The summed E-state index contributed by atoms with van der Waals surface area (Å²) in [6.45, 7) is 2.14.